The van der Waals surface area contributed by atoms with Crippen LogP contribution in [0.25, 0.3) is 0 Å². The highest BCUT2D eigenvalue weighted by molar-refractivity contribution is 7.92. The Kier molecular flexibility index (Phi) is 9.53. The SMILES string of the molecule is CC(C(=O)NC(C)(C)C)N(Cc1ccc(Cl)cc1)C(=O)CCCN(c1ccccc1)S(C)(=O)=O. The number of hydrogen-bond donors (Lipinski definition) is 1. The van der Waals surface area contributed by atoms with Gasteiger partial charge in [-0.15, -0.1) is 0 Å². The molecule has 1 atom stereocenters. The number of rotatable bonds is 10. The number of amides is 2. The first-order chi connectivity index (χ1) is 15.8. The lowest BCUT2D eigenvalue weighted by molar-refractivity contribution is -0.141. The number of hydrogen-bond acceptors (Lipinski definition) is 4. The van der Waals surface area contributed by atoms with Crippen LogP contribution in [0.1, 0.15) is 46.1 Å². The molecule has 0 spiro atoms. The van der Waals surface area contributed by atoms with Crippen molar-refractivity contribution in [2.75, 3.05) is 17.1 Å². The largest absolute Gasteiger partial charge is 0.350 e. The van der Waals surface area contributed by atoms with E-state index in [9.17, 15) is 18.0 Å². The molecule has 1 N–H and O–H groups in total. The summed E-state index contributed by atoms with van der Waals surface area (Å²) < 4.78 is 25.9. The molecule has 2 aromatic rings. The first kappa shape index (κ1) is 27.7. The molecule has 0 bridgehead atoms. The summed E-state index contributed by atoms with van der Waals surface area (Å²) in [6.45, 7) is 7.74. The van der Waals surface area contributed by atoms with E-state index in [4.69, 9.17) is 11.6 Å². The van der Waals surface area contributed by atoms with E-state index in [0.717, 1.165) is 11.8 Å². The van der Waals surface area contributed by atoms with Gasteiger partial charge in [-0.1, -0.05) is 41.9 Å². The van der Waals surface area contributed by atoms with Crippen LogP contribution < -0.4 is 9.62 Å². The summed E-state index contributed by atoms with van der Waals surface area (Å²) in [5, 5.41) is 3.51. The molecule has 2 amide bonds. The number of halogens is 1. The molecular weight excluding hydrogens is 474 g/mol. The highest BCUT2D eigenvalue weighted by Crippen LogP contribution is 2.19. The van der Waals surface area contributed by atoms with E-state index in [-0.39, 0.29) is 31.3 Å². The zero-order chi connectivity index (χ0) is 25.5. The first-order valence-corrected chi connectivity index (χ1v) is 13.4. The second kappa shape index (κ2) is 11.7. The van der Waals surface area contributed by atoms with E-state index in [2.05, 4.69) is 5.32 Å². The minimum Gasteiger partial charge on any atom is -0.350 e. The molecule has 2 rings (SSSR count). The number of carbonyl (C=O) groups excluding carboxylic acids is 2. The van der Waals surface area contributed by atoms with Crippen LogP contribution in [0.15, 0.2) is 54.6 Å². The van der Waals surface area contributed by atoms with Crippen molar-refractivity contribution in [3.8, 4) is 0 Å². The predicted molar refractivity (Wildman–Crippen MR) is 137 cm³/mol. The van der Waals surface area contributed by atoms with Gasteiger partial charge in [0.15, 0.2) is 0 Å². The van der Waals surface area contributed by atoms with Gasteiger partial charge in [-0.2, -0.15) is 0 Å². The van der Waals surface area contributed by atoms with Gasteiger partial charge < -0.3 is 10.2 Å². The van der Waals surface area contributed by atoms with Crippen LogP contribution in [-0.2, 0) is 26.2 Å². The molecule has 2 aromatic carbocycles. The fourth-order valence-corrected chi connectivity index (χ4v) is 4.53. The van der Waals surface area contributed by atoms with E-state index >= 15 is 0 Å². The van der Waals surface area contributed by atoms with Crippen molar-refractivity contribution in [2.45, 2.75) is 58.7 Å². The van der Waals surface area contributed by atoms with Gasteiger partial charge >= 0.3 is 0 Å². The molecule has 1 unspecified atom stereocenters. The smallest absolute Gasteiger partial charge is 0.242 e. The van der Waals surface area contributed by atoms with E-state index < -0.39 is 21.6 Å². The number of anilines is 1. The van der Waals surface area contributed by atoms with Crippen LogP contribution in [0.3, 0.4) is 0 Å². The Bertz CT molecular complexity index is 1070. The number of nitrogens with zero attached hydrogens (tertiary/aromatic N) is 2. The maximum atomic E-state index is 13.2. The Morgan fingerprint density at radius 1 is 1.03 bits per heavy atom. The van der Waals surface area contributed by atoms with E-state index in [1.54, 1.807) is 43.3 Å². The second-order valence-corrected chi connectivity index (χ2v) is 11.7. The molecule has 34 heavy (non-hydrogen) atoms. The van der Waals surface area contributed by atoms with Crippen LogP contribution in [0.2, 0.25) is 5.02 Å². The highest BCUT2D eigenvalue weighted by Gasteiger charge is 2.28. The molecule has 0 aliphatic heterocycles. The topological polar surface area (TPSA) is 86.8 Å². The molecule has 7 nitrogen and oxygen atoms in total. The minimum absolute atomic E-state index is 0.0968. The predicted octanol–water partition coefficient (Wildman–Crippen LogP) is 4.22. The lowest BCUT2D eigenvalue weighted by atomic mass is 10.1. The Hall–Kier alpha value is -2.58. The number of para-hydroxylation sites is 1. The van der Waals surface area contributed by atoms with E-state index in [0.29, 0.717) is 17.1 Å². The van der Waals surface area contributed by atoms with Crippen molar-refractivity contribution in [1.82, 2.24) is 10.2 Å². The number of sulfonamides is 1. The average molecular weight is 508 g/mol. The normalized spacial score (nSPS) is 12.6. The van der Waals surface area contributed by atoms with Crippen LogP contribution in [0.4, 0.5) is 5.69 Å². The Balaban J connectivity index is 2.16. The fourth-order valence-electron chi connectivity index (χ4n) is 3.44. The third kappa shape index (κ3) is 8.65. The summed E-state index contributed by atoms with van der Waals surface area (Å²) in [5.41, 5.74) is 0.954. The summed E-state index contributed by atoms with van der Waals surface area (Å²) >= 11 is 5.98. The molecule has 0 saturated carbocycles. The van der Waals surface area contributed by atoms with Crippen molar-refractivity contribution in [3.63, 3.8) is 0 Å². The van der Waals surface area contributed by atoms with E-state index in [1.165, 1.54) is 9.21 Å². The van der Waals surface area contributed by atoms with Gasteiger partial charge in [0, 0.05) is 30.1 Å². The van der Waals surface area contributed by atoms with Crippen molar-refractivity contribution >= 4 is 39.1 Å². The molecule has 0 fully saturated rings. The number of benzene rings is 2. The highest BCUT2D eigenvalue weighted by atomic mass is 35.5. The first-order valence-electron chi connectivity index (χ1n) is 11.2. The van der Waals surface area contributed by atoms with Gasteiger partial charge in [-0.05, 0) is 63.9 Å². The van der Waals surface area contributed by atoms with Gasteiger partial charge in [-0.25, -0.2) is 8.42 Å². The lowest BCUT2D eigenvalue weighted by Crippen LogP contribution is -2.52. The molecule has 0 aliphatic carbocycles. The monoisotopic (exact) mass is 507 g/mol. The molecule has 0 saturated heterocycles. The zero-order valence-electron chi connectivity index (χ0n) is 20.4. The molecule has 9 heteroatoms. The molecule has 0 aromatic heterocycles. The molecule has 0 heterocycles. The van der Waals surface area contributed by atoms with Crippen molar-refractivity contribution in [3.05, 3.63) is 65.2 Å². The maximum absolute atomic E-state index is 13.2. The fraction of sp³-hybridized carbons (Fsp3) is 0.440. The van der Waals surface area contributed by atoms with Crippen LogP contribution in [0.5, 0.6) is 0 Å². The third-order valence-electron chi connectivity index (χ3n) is 5.13. The standard InChI is InChI=1S/C25H34ClN3O4S/c1-19(24(31)27-25(2,3)4)28(18-20-13-15-21(26)16-14-20)23(30)12-9-17-29(34(5,32)33)22-10-7-6-8-11-22/h6-8,10-11,13-16,19H,9,12,17-18H2,1-5H3,(H,27,31). The minimum atomic E-state index is -3.51. The summed E-state index contributed by atoms with van der Waals surface area (Å²) in [6.07, 6.45) is 1.55. The molecule has 186 valence electrons. The second-order valence-electron chi connectivity index (χ2n) is 9.34. The number of nitrogens with one attached hydrogen (secondary N) is 1. The molecular formula is C25H34ClN3O4S. The van der Waals surface area contributed by atoms with Crippen molar-refractivity contribution in [1.29, 1.82) is 0 Å². The Labute approximate surface area is 208 Å². The quantitative estimate of drug-likeness (QED) is 0.521. The average Bonchev–Trinajstić information content (AvgIpc) is 2.74. The summed E-state index contributed by atoms with van der Waals surface area (Å²) in [6, 6.07) is 15.2. The van der Waals surface area contributed by atoms with Crippen molar-refractivity contribution < 1.29 is 18.0 Å². The third-order valence-corrected chi connectivity index (χ3v) is 6.57. The van der Waals surface area contributed by atoms with Crippen molar-refractivity contribution in [2.24, 2.45) is 0 Å². The van der Waals surface area contributed by atoms with Crippen LogP contribution in [0, 0.1) is 0 Å². The summed E-state index contributed by atoms with van der Waals surface area (Å²) in [4.78, 5) is 27.6. The zero-order valence-corrected chi connectivity index (χ0v) is 22.0. The Morgan fingerprint density at radius 3 is 2.15 bits per heavy atom. The van der Waals surface area contributed by atoms with Crippen LogP contribution >= 0.6 is 11.6 Å². The van der Waals surface area contributed by atoms with Gasteiger partial charge in [0.05, 0.1) is 11.9 Å². The Morgan fingerprint density at radius 2 is 1.62 bits per heavy atom. The molecule has 0 radical (unpaired) electrons. The van der Waals surface area contributed by atoms with E-state index in [1.807, 2.05) is 39.0 Å². The maximum Gasteiger partial charge on any atom is 0.242 e. The van der Waals surface area contributed by atoms with Crippen LogP contribution in [-0.4, -0.2) is 49.5 Å². The summed E-state index contributed by atoms with van der Waals surface area (Å²) in [5.74, 6) is -0.482. The van der Waals surface area contributed by atoms with Gasteiger partial charge in [0.2, 0.25) is 21.8 Å². The van der Waals surface area contributed by atoms with Gasteiger partial charge in [0.1, 0.15) is 6.04 Å². The van der Waals surface area contributed by atoms with Gasteiger partial charge in [0.25, 0.3) is 0 Å². The molecule has 0 aliphatic rings. The van der Waals surface area contributed by atoms with Gasteiger partial charge in [-0.3, -0.25) is 13.9 Å². The number of carbonyl (C=O) groups is 2. The summed E-state index contributed by atoms with van der Waals surface area (Å²) in [7, 11) is -3.51. The lowest BCUT2D eigenvalue weighted by Gasteiger charge is -2.32.